The molecule has 1 amide bonds. The number of sulfonamides is 1. The zero-order valence-electron chi connectivity index (χ0n) is 13.4. The van der Waals surface area contributed by atoms with Crippen LogP contribution in [0.3, 0.4) is 0 Å². The van der Waals surface area contributed by atoms with Gasteiger partial charge in [-0.25, -0.2) is 8.42 Å². The number of hydrogen-bond acceptors (Lipinski definition) is 4. The summed E-state index contributed by atoms with van der Waals surface area (Å²) in [6, 6.07) is 4.64. The predicted octanol–water partition coefficient (Wildman–Crippen LogP) is 1.03. The third kappa shape index (κ3) is 6.37. The second kappa shape index (κ2) is 8.07. The number of carbonyl (C=O) groups is 2. The van der Waals surface area contributed by atoms with E-state index in [9.17, 15) is 18.0 Å². The third-order valence-electron chi connectivity index (χ3n) is 3.04. The SMILES string of the molecule is Cc1ccc(S(=O)(=O)N[C@H](CCC(=O)NC(C)C)C(=O)O)cc1. The lowest BCUT2D eigenvalue weighted by Gasteiger charge is -2.15. The highest BCUT2D eigenvalue weighted by atomic mass is 32.2. The number of amides is 1. The van der Waals surface area contributed by atoms with Gasteiger partial charge < -0.3 is 10.4 Å². The molecule has 0 unspecified atom stereocenters. The number of carboxylic acids is 1. The van der Waals surface area contributed by atoms with Gasteiger partial charge in [0, 0.05) is 12.5 Å². The molecule has 0 fully saturated rings. The Kier molecular flexibility index (Phi) is 6.71. The van der Waals surface area contributed by atoms with Crippen LogP contribution < -0.4 is 10.0 Å². The van der Waals surface area contributed by atoms with Crippen LogP contribution in [0, 0.1) is 6.92 Å². The van der Waals surface area contributed by atoms with Crippen molar-refractivity contribution in [2.24, 2.45) is 0 Å². The number of aryl methyl sites for hydroxylation is 1. The molecule has 7 nitrogen and oxygen atoms in total. The Morgan fingerprint density at radius 1 is 1.17 bits per heavy atom. The van der Waals surface area contributed by atoms with Gasteiger partial charge in [0.05, 0.1) is 4.90 Å². The third-order valence-corrected chi connectivity index (χ3v) is 4.52. The lowest BCUT2D eigenvalue weighted by molar-refractivity contribution is -0.139. The van der Waals surface area contributed by atoms with Crippen LogP contribution in [0.25, 0.3) is 0 Å². The van der Waals surface area contributed by atoms with Gasteiger partial charge in [-0.05, 0) is 39.3 Å². The summed E-state index contributed by atoms with van der Waals surface area (Å²) in [4.78, 5) is 22.8. The first-order valence-corrected chi connectivity index (χ1v) is 8.71. The van der Waals surface area contributed by atoms with E-state index >= 15 is 0 Å². The summed E-state index contributed by atoms with van der Waals surface area (Å²) in [5, 5.41) is 11.8. The van der Waals surface area contributed by atoms with E-state index < -0.39 is 22.0 Å². The monoisotopic (exact) mass is 342 g/mol. The number of carboxylic acid groups (broad SMARTS) is 1. The number of carbonyl (C=O) groups excluding carboxylic acids is 1. The quantitative estimate of drug-likeness (QED) is 0.653. The van der Waals surface area contributed by atoms with E-state index in [4.69, 9.17) is 5.11 Å². The average molecular weight is 342 g/mol. The maximum atomic E-state index is 12.2. The molecule has 1 aromatic rings. The number of nitrogens with one attached hydrogen (secondary N) is 2. The molecule has 23 heavy (non-hydrogen) atoms. The minimum absolute atomic E-state index is 0.0130. The molecule has 0 radical (unpaired) electrons. The van der Waals surface area contributed by atoms with Gasteiger partial charge in [0.25, 0.3) is 0 Å². The van der Waals surface area contributed by atoms with Crippen molar-refractivity contribution < 1.29 is 23.1 Å². The molecular weight excluding hydrogens is 320 g/mol. The standard InChI is InChI=1S/C15H22N2O5S/c1-10(2)16-14(18)9-8-13(15(19)20)17-23(21,22)12-6-4-11(3)5-7-12/h4-7,10,13,17H,8-9H2,1-3H3,(H,16,18)(H,19,20)/t13-/m1/s1. The molecule has 1 rings (SSSR count). The van der Waals surface area contributed by atoms with Crippen LogP contribution in [-0.2, 0) is 19.6 Å². The summed E-state index contributed by atoms with van der Waals surface area (Å²) < 4.78 is 26.5. The Labute approximate surface area is 136 Å². The second-order valence-electron chi connectivity index (χ2n) is 5.59. The van der Waals surface area contributed by atoms with Crippen LogP contribution in [-0.4, -0.2) is 37.5 Å². The predicted molar refractivity (Wildman–Crippen MR) is 85.4 cm³/mol. The van der Waals surface area contributed by atoms with Crippen LogP contribution in [0.15, 0.2) is 29.2 Å². The van der Waals surface area contributed by atoms with E-state index in [1.165, 1.54) is 12.1 Å². The van der Waals surface area contributed by atoms with Gasteiger partial charge in [0.2, 0.25) is 15.9 Å². The van der Waals surface area contributed by atoms with Crippen molar-refractivity contribution in [3.05, 3.63) is 29.8 Å². The first-order valence-electron chi connectivity index (χ1n) is 7.23. The average Bonchev–Trinajstić information content (AvgIpc) is 2.42. The van der Waals surface area contributed by atoms with Gasteiger partial charge in [-0.3, -0.25) is 9.59 Å². The van der Waals surface area contributed by atoms with Crippen LogP contribution in [0.2, 0.25) is 0 Å². The van der Waals surface area contributed by atoms with Crippen molar-refractivity contribution in [3.8, 4) is 0 Å². The molecule has 0 bridgehead atoms. The van der Waals surface area contributed by atoms with Crippen LogP contribution in [0.1, 0.15) is 32.3 Å². The molecule has 0 saturated heterocycles. The van der Waals surface area contributed by atoms with Gasteiger partial charge >= 0.3 is 5.97 Å². The molecule has 0 aliphatic rings. The normalized spacial score (nSPS) is 12.9. The van der Waals surface area contributed by atoms with Crippen LogP contribution >= 0.6 is 0 Å². The summed E-state index contributed by atoms with van der Waals surface area (Å²) in [5.74, 6) is -1.64. The Bertz CT molecular complexity index is 653. The molecular formula is C15H22N2O5S. The molecule has 0 heterocycles. The van der Waals surface area contributed by atoms with E-state index in [1.807, 2.05) is 6.92 Å². The molecule has 3 N–H and O–H groups in total. The lowest BCUT2D eigenvalue weighted by Crippen LogP contribution is -2.42. The maximum Gasteiger partial charge on any atom is 0.321 e. The van der Waals surface area contributed by atoms with Crippen molar-refractivity contribution in [1.82, 2.24) is 10.0 Å². The second-order valence-corrected chi connectivity index (χ2v) is 7.30. The summed E-state index contributed by atoms with van der Waals surface area (Å²) >= 11 is 0. The van der Waals surface area contributed by atoms with Gasteiger partial charge in [-0.1, -0.05) is 17.7 Å². The van der Waals surface area contributed by atoms with E-state index in [0.717, 1.165) is 5.56 Å². The number of hydrogen-bond donors (Lipinski definition) is 3. The van der Waals surface area contributed by atoms with E-state index in [0.29, 0.717) is 0 Å². The fraction of sp³-hybridized carbons (Fsp3) is 0.467. The Morgan fingerprint density at radius 2 is 1.74 bits per heavy atom. The first kappa shape index (κ1) is 19.1. The fourth-order valence-electron chi connectivity index (χ4n) is 1.88. The van der Waals surface area contributed by atoms with Gasteiger partial charge in [-0.2, -0.15) is 4.72 Å². The molecule has 1 atom stereocenters. The minimum Gasteiger partial charge on any atom is -0.480 e. The Morgan fingerprint density at radius 3 is 2.22 bits per heavy atom. The highest BCUT2D eigenvalue weighted by molar-refractivity contribution is 7.89. The first-order chi connectivity index (χ1) is 10.6. The number of rotatable bonds is 8. The van der Waals surface area contributed by atoms with Crippen molar-refractivity contribution >= 4 is 21.9 Å². The molecule has 0 aliphatic carbocycles. The molecule has 8 heteroatoms. The number of aliphatic carboxylic acids is 1. The highest BCUT2D eigenvalue weighted by Gasteiger charge is 2.26. The van der Waals surface area contributed by atoms with E-state index in [-0.39, 0.29) is 29.7 Å². The lowest BCUT2D eigenvalue weighted by atomic mass is 10.1. The summed E-state index contributed by atoms with van der Waals surface area (Å²) in [6.07, 6.45) is -0.204. The highest BCUT2D eigenvalue weighted by Crippen LogP contribution is 2.12. The summed E-state index contributed by atoms with van der Waals surface area (Å²) in [7, 11) is -3.95. The van der Waals surface area contributed by atoms with Gasteiger partial charge in [0.15, 0.2) is 0 Å². The van der Waals surface area contributed by atoms with Crippen LogP contribution in [0.5, 0.6) is 0 Å². The summed E-state index contributed by atoms with van der Waals surface area (Å²) in [5.41, 5.74) is 0.893. The molecule has 0 aliphatic heterocycles. The Hall–Kier alpha value is -1.93. The number of benzene rings is 1. The molecule has 0 aromatic heterocycles. The maximum absolute atomic E-state index is 12.2. The van der Waals surface area contributed by atoms with Crippen molar-refractivity contribution in [3.63, 3.8) is 0 Å². The zero-order valence-corrected chi connectivity index (χ0v) is 14.2. The molecule has 0 spiro atoms. The largest absolute Gasteiger partial charge is 0.480 e. The topological polar surface area (TPSA) is 113 Å². The zero-order chi connectivity index (χ0) is 17.6. The van der Waals surface area contributed by atoms with E-state index in [1.54, 1.807) is 26.0 Å². The van der Waals surface area contributed by atoms with Crippen molar-refractivity contribution in [1.29, 1.82) is 0 Å². The van der Waals surface area contributed by atoms with E-state index in [2.05, 4.69) is 10.0 Å². The van der Waals surface area contributed by atoms with Crippen LogP contribution in [0.4, 0.5) is 0 Å². The van der Waals surface area contributed by atoms with Crippen molar-refractivity contribution in [2.75, 3.05) is 0 Å². The van der Waals surface area contributed by atoms with Crippen molar-refractivity contribution in [2.45, 2.75) is 50.6 Å². The van der Waals surface area contributed by atoms with Gasteiger partial charge in [-0.15, -0.1) is 0 Å². The molecule has 0 saturated carbocycles. The molecule has 128 valence electrons. The van der Waals surface area contributed by atoms with Gasteiger partial charge in [0.1, 0.15) is 6.04 Å². The Balaban J connectivity index is 2.77. The minimum atomic E-state index is -3.95. The molecule has 1 aromatic carbocycles. The summed E-state index contributed by atoms with van der Waals surface area (Å²) in [6.45, 7) is 5.39. The smallest absolute Gasteiger partial charge is 0.321 e. The fourth-order valence-corrected chi connectivity index (χ4v) is 3.10.